The third kappa shape index (κ3) is 2.55. The van der Waals surface area contributed by atoms with E-state index >= 15 is 0 Å². The highest BCUT2D eigenvalue weighted by Crippen LogP contribution is 2.34. The van der Waals surface area contributed by atoms with Gasteiger partial charge in [0.05, 0.1) is 12.6 Å². The molecule has 0 fully saturated rings. The van der Waals surface area contributed by atoms with Gasteiger partial charge >= 0.3 is 0 Å². The van der Waals surface area contributed by atoms with Crippen LogP contribution in [-0.4, -0.2) is 11.7 Å². The van der Waals surface area contributed by atoms with Gasteiger partial charge in [0.1, 0.15) is 0 Å². The summed E-state index contributed by atoms with van der Waals surface area (Å²) in [4.78, 5) is 0. The van der Waals surface area contributed by atoms with Crippen LogP contribution in [0.3, 0.4) is 0 Å². The average molecular weight is 268 g/mol. The smallest absolute Gasteiger partial charge is 0.0626 e. The third-order valence-corrected chi connectivity index (χ3v) is 4.03. The number of nitrogen functional groups attached to an aromatic ring is 1. The van der Waals surface area contributed by atoms with Crippen LogP contribution >= 0.6 is 0 Å². The van der Waals surface area contributed by atoms with Gasteiger partial charge in [0.25, 0.3) is 0 Å². The van der Waals surface area contributed by atoms with Gasteiger partial charge in [0.15, 0.2) is 0 Å². The van der Waals surface area contributed by atoms with Crippen molar-refractivity contribution in [3.63, 3.8) is 0 Å². The molecule has 0 heterocycles. The first kappa shape index (κ1) is 13.2. The molecule has 3 heteroatoms. The van der Waals surface area contributed by atoms with Crippen molar-refractivity contribution in [1.82, 2.24) is 5.32 Å². The molecular formula is C17H20N2O. The first-order valence-corrected chi connectivity index (χ1v) is 7.08. The molecule has 20 heavy (non-hydrogen) atoms. The predicted molar refractivity (Wildman–Crippen MR) is 81.3 cm³/mol. The molecule has 2 aromatic carbocycles. The Bertz CT molecular complexity index is 583. The van der Waals surface area contributed by atoms with Crippen molar-refractivity contribution in [3.05, 3.63) is 65.2 Å². The van der Waals surface area contributed by atoms with Crippen molar-refractivity contribution in [2.24, 2.45) is 0 Å². The predicted octanol–water partition coefficient (Wildman–Crippen LogP) is 2.58. The van der Waals surface area contributed by atoms with E-state index < -0.39 is 0 Å². The average Bonchev–Trinajstić information content (AvgIpc) is 2.87. The lowest BCUT2D eigenvalue weighted by molar-refractivity contribution is 0.233. The second-order valence-corrected chi connectivity index (χ2v) is 5.36. The van der Waals surface area contributed by atoms with Crippen molar-refractivity contribution >= 4 is 5.69 Å². The molecule has 2 atom stereocenters. The third-order valence-electron chi connectivity index (χ3n) is 4.03. The number of aryl methyl sites for hydroxylation is 1. The Kier molecular flexibility index (Phi) is 3.72. The second-order valence-electron chi connectivity index (χ2n) is 5.36. The van der Waals surface area contributed by atoms with Crippen LogP contribution in [0.25, 0.3) is 0 Å². The molecule has 0 aliphatic heterocycles. The molecule has 0 saturated carbocycles. The van der Waals surface area contributed by atoms with E-state index in [0.717, 1.165) is 24.1 Å². The molecule has 3 nitrogen and oxygen atoms in total. The van der Waals surface area contributed by atoms with Crippen LogP contribution in [0.5, 0.6) is 0 Å². The van der Waals surface area contributed by atoms with E-state index in [9.17, 15) is 5.11 Å². The summed E-state index contributed by atoms with van der Waals surface area (Å²) in [6, 6.07) is 16.5. The zero-order chi connectivity index (χ0) is 13.9. The molecule has 0 aromatic heterocycles. The van der Waals surface area contributed by atoms with E-state index in [1.807, 2.05) is 36.4 Å². The van der Waals surface area contributed by atoms with Crippen LogP contribution in [0.1, 0.15) is 35.2 Å². The van der Waals surface area contributed by atoms with Crippen molar-refractivity contribution in [3.8, 4) is 0 Å². The monoisotopic (exact) mass is 268 g/mol. The lowest BCUT2D eigenvalue weighted by atomic mass is 10.0. The molecule has 2 aromatic rings. The Balaban J connectivity index is 1.79. The number of nitrogens with one attached hydrogen (secondary N) is 1. The van der Waals surface area contributed by atoms with E-state index in [4.69, 9.17) is 5.73 Å². The lowest BCUT2D eigenvalue weighted by Gasteiger charge is -2.22. The zero-order valence-corrected chi connectivity index (χ0v) is 11.4. The molecule has 1 aliphatic rings. The van der Waals surface area contributed by atoms with Crippen molar-refractivity contribution in [2.45, 2.75) is 24.9 Å². The fourth-order valence-electron chi connectivity index (χ4n) is 2.99. The van der Waals surface area contributed by atoms with Gasteiger partial charge in [0.2, 0.25) is 0 Å². The quantitative estimate of drug-likeness (QED) is 0.747. The molecule has 3 rings (SSSR count). The summed E-state index contributed by atoms with van der Waals surface area (Å²) in [5.74, 6) is 0. The fraction of sp³-hybridized carbons (Fsp3) is 0.294. The number of aliphatic hydroxyl groups is 1. The molecule has 4 N–H and O–H groups in total. The topological polar surface area (TPSA) is 58.3 Å². The van der Waals surface area contributed by atoms with Gasteiger partial charge in [0, 0.05) is 11.7 Å². The SMILES string of the molecule is Nc1ccc2c(c1)CCC2N[C@H](CO)c1ccccc1. The van der Waals surface area contributed by atoms with Gasteiger partial charge in [-0.1, -0.05) is 36.4 Å². The van der Waals surface area contributed by atoms with Crippen LogP contribution in [-0.2, 0) is 6.42 Å². The largest absolute Gasteiger partial charge is 0.399 e. The number of fused-ring (bicyclic) bond motifs is 1. The van der Waals surface area contributed by atoms with Gasteiger partial charge in [-0.05, 0) is 41.7 Å². The normalized spacial score (nSPS) is 18.8. The van der Waals surface area contributed by atoms with Crippen LogP contribution in [0.2, 0.25) is 0 Å². The minimum Gasteiger partial charge on any atom is -0.399 e. The molecular weight excluding hydrogens is 248 g/mol. The first-order valence-electron chi connectivity index (χ1n) is 7.08. The van der Waals surface area contributed by atoms with Crippen LogP contribution in [0.4, 0.5) is 5.69 Å². The Morgan fingerprint density at radius 2 is 2.00 bits per heavy atom. The molecule has 1 unspecified atom stereocenters. The van der Waals surface area contributed by atoms with Crippen molar-refractivity contribution < 1.29 is 5.11 Å². The lowest BCUT2D eigenvalue weighted by Crippen LogP contribution is -2.27. The van der Waals surface area contributed by atoms with Crippen molar-refractivity contribution in [1.29, 1.82) is 0 Å². The number of benzene rings is 2. The number of hydrogen-bond donors (Lipinski definition) is 3. The highest BCUT2D eigenvalue weighted by molar-refractivity contribution is 5.47. The summed E-state index contributed by atoms with van der Waals surface area (Å²) in [6.07, 6.45) is 2.10. The highest BCUT2D eigenvalue weighted by atomic mass is 16.3. The standard InChI is InChI=1S/C17H20N2O/c18-14-7-8-15-13(10-14)6-9-16(15)19-17(11-20)12-4-2-1-3-5-12/h1-5,7-8,10,16-17,19-20H,6,9,11,18H2/t16?,17-/m1/s1. The van der Waals surface area contributed by atoms with E-state index in [0.29, 0.717) is 6.04 Å². The highest BCUT2D eigenvalue weighted by Gasteiger charge is 2.25. The summed E-state index contributed by atoms with van der Waals surface area (Å²) in [6.45, 7) is 0.102. The number of aliphatic hydroxyl groups excluding tert-OH is 1. The van der Waals surface area contributed by atoms with E-state index in [-0.39, 0.29) is 12.6 Å². The summed E-state index contributed by atoms with van der Waals surface area (Å²) >= 11 is 0. The molecule has 104 valence electrons. The Hall–Kier alpha value is -1.84. The maximum Gasteiger partial charge on any atom is 0.0626 e. The molecule has 0 spiro atoms. The Morgan fingerprint density at radius 3 is 2.75 bits per heavy atom. The molecule has 0 saturated heterocycles. The fourth-order valence-corrected chi connectivity index (χ4v) is 2.99. The molecule has 1 aliphatic carbocycles. The number of rotatable bonds is 4. The van der Waals surface area contributed by atoms with Crippen LogP contribution in [0, 0.1) is 0 Å². The van der Waals surface area contributed by atoms with Gasteiger partial charge < -0.3 is 16.2 Å². The number of hydrogen-bond acceptors (Lipinski definition) is 3. The zero-order valence-electron chi connectivity index (χ0n) is 11.4. The van der Waals surface area contributed by atoms with E-state index in [1.54, 1.807) is 0 Å². The van der Waals surface area contributed by atoms with Gasteiger partial charge in [-0.3, -0.25) is 0 Å². The van der Waals surface area contributed by atoms with Crippen LogP contribution < -0.4 is 11.1 Å². The van der Waals surface area contributed by atoms with Gasteiger partial charge in [-0.25, -0.2) is 0 Å². The van der Waals surface area contributed by atoms with Gasteiger partial charge in [-0.15, -0.1) is 0 Å². The number of nitrogens with two attached hydrogens (primary N) is 1. The molecule has 0 amide bonds. The Labute approximate surface area is 119 Å². The summed E-state index contributed by atoms with van der Waals surface area (Å²) in [5, 5.41) is 13.2. The maximum atomic E-state index is 9.65. The molecule has 0 radical (unpaired) electrons. The Morgan fingerprint density at radius 1 is 1.20 bits per heavy atom. The first-order chi connectivity index (χ1) is 9.78. The minimum absolute atomic E-state index is 0.0234. The summed E-state index contributed by atoms with van der Waals surface area (Å²) in [5.41, 5.74) is 10.4. The maximum absolute atomic E-state index is 9.65. The summed E-state index contributed by atoms with van der Waals surface area (Å²) in [7, 11) is 0. The summed E-state index contributed by atoms with van der Waals surface area (Å²) < 4.78 is 0. The second kappa shape index (κ2) is 5.65. The van der Waals surface area contributed by atoms with Gasteiger partial charge in [-0.2, -0.15) is 0 Å². The van der Waals surface area contributed by atoms with E-state index in [1.165, 1.54) is 11.1 Å². The molecule has 0 bridgehead atoms. The van der Waals surface area contributed by atoms with Crippen molar-refractivity contribution in [2.75, 3.05) is 12.3 Å². The number of anilines is 1. The van der Waals surface area contributed by atoms with Crippen LogP contribution in [0.15, 0.2) is 48.5 Å². The minimum atomic E-state index is -0.0234. The van der Waals surface area contributed by atoms with E-state index in [2.05, 4.69) is 17.4 Å².